The average molecular weight is 184 g/mol. The van der Waals surface area contributed by atoms with Crippen molar-refractivity contribution in [1.82, 2.24) is 0 Å². The minimum absolute atomic E-state index is 0.296. The first kappa shape index (κ1) is 12.5. The molecule has 74 valence electrons. The summed E-state index contributed by atoms with van der Waals surface area (Å²) in [6.07, 6.45) is 2.15. The number of unbranched alkanes of at least 4 members (excludes halogenated alkanes) is 1. The molecule has 0 rings (SSSR count). The van der Waals surface area contributed by atoms with Crippen LogP contribution in [0, 0.1) is 0 Å². The summed E-state index contributed by atoms with van der Waals surface area (Å²) in [6.45, 7) is 5.18. The minimum Gasteiger partial charge on any atom is -0.464 e. The molecule has 0 aromatic rings. The maximum absolute atomic E-state index is 10.8. The first-order valence-corrected chi connectivity index (χ1v) is 4.68. The second kappa shape index (κ2) is 8.11. The summed E-state index contributed by atoms with van der Waals surface area (Å²) < 4.78 is 9.98. The smallest absolute Gasteiger partial charge is 0.299 e. The molecule has 0 heterocycles. The van der Waals surface area contributed by atoms with Crippen molar-refractivity contribution < 1.29 is 14.3 Å². The van der Waals surface area contributed by atoms with Crippen LogP contribution in [0.5, 0.6) is 0 Å². The average Bonchev–Trinajstić information content (AvgIpc) is 2.10. The first-order valence-electron chi connectivity index (χ1n) is 4.68. The van der Waals surface area contributed by atoms with Gasteiger partial charge in [0.05, 0.1) is 14.5 Å². The molecule has 0 N–H and O–H groups in total. The molecule has 0 amide bonds. The van der Waals surface area contributed by atoms with E-state index in [0.717, 1.165) is 19.4 Å². The first-order chi connectivity index (χ1) is 6.18. The molecule has 0 aromatic heterocycles. The SMILES string of the molecule is [B]C(C)C(=O)OCCOCCCC. The van der Waals surface area contributed by atoms with Crippen molar-refractivity contribution in [1.29, 1.82) is 0 Å². The molecule has 0 saturated heterocycles. The number of hydrogen-bond donors (Lipinski definition) is 0. The van der Waals surface area contributed by atoms with E-state index in [2.05, 4.69) is 6.92 Å². The van der Waals surface area contributed by atoms with E-state index in [0.29, 0.717) is 13.2 Å². The Hall–Kier alpha value is -0.505. The van der Waals surface area contributed by atoms with Gasteiger partial charge < -0.3 is 9.47 Å². The lowest BCUT2D eigenvalue weighted by molar-refractivity contribution is -0.144. The van der Waals surface area contributed by atoms with Crippen LogP contribution in [0.1, 0.15) is 26.7 Å². The molecule has 0 aliphatic carbocycles. The molecule has 0 fully saturated rings. The van der Waals surface area contributed by atoms with Gasteiger partial charge in [0.25, 0.3) is 5.97 Å². The van der Waals surface area contributed by atoms with Crippen LogP contribution in [0.3, 0.4) is 0 Å². The lowest BCUT2D eigenvalue weighted by atomic mass is 9.90. The zero-order valence-electron chi connectivity index (χ0n) is 8.41. The number of esters is 1. The van der Waals surface area contributed by atoms with Gasteiger partial charge in [-0.05, 0) is 6.42 Å². The van der Waals surface area contributed by atoms with Crippen LogP contribution in [0.2, 0.25) is 5.82 Å². The van der Waals surface area contributed by atoms with Gasteiger partial charge in [0.15, 0.2) is 0 Å². The van der Waals surface area contributed by atoms with Crippen LogP contribution in [-0.2, 0) is 14.3 Å². The molecule has 2 radical (unpaired) electrons. The number of carbonyl (C=O) groups excluding carboxylic acids is 1. The van der Waals surface area contributed by atoms with E-state index in [9.17, 15) is 4.79 Å². The Morgan fingerprint density at radius 1 is 1.38 bits per heavy atom. The zero-order valence-corrected chi connectivity index (χ0v) is 8.41. The van der Waals surface area contributed by atoms with Crippen molar-refractivity contribution >= 4 is 13.8 Å². The van der Waals surface area contributed by atoms with Gasteiger partial charge >= 0.3 is 0 Å². The molecule has 1 atom stereocenters. The van der Waals surface area contributed by atoms with E-state index < -0.39 is 5.82 Å². The maximum atomic E-state index is 10.8. The van der Waals surface area contributed by atoms with Crippen molar-refractivity contribution in [3.63, 3.8) is 0 Å². The van der Waals surface area contributed by atoms with E-state index in [1.54, 1.807) is 6.92 Å². The number of ether oxygens (including phenoxy) is 2. The predicted octanol–water partition coefficient (Wildman–Crippen LogP) is 1.32. The lowest BCUT2D eigenvalue weighted by Crippen LogP contribution is -2.14. The molecule has 0 spiro atoms. The van der Waals surface area contributed by atoms with E-state index >= 15 is 0 Å². The number of hydrogen-bond acceptors (Lipinski definition) is 3. The normalized spacial score (nSPS) is 12.5. The van der Waals surface area contributed by atoms with Gasteiger partial charge in [-0.3, -0.25) is 4.79 Å². The van der Waals surface area contributed by atoms with E-state index in [4.69, 9.17) is 17.3 Å². The van der Waals surface area contributed by atoms with E-state index in [1.165, 1.54) is 0 Å². The number of rotatable bonds is 7. The Labute approximate surface area is 81.2 Å². The lowest BCUT2D eigenvalue weighted by Gasteiger charge is -2.07. The van der Waals surface area contributed by atoms with Crippen LogP contribution in [-0.4, -0.2) is 33.6 Å². The second-order valence-corrected chi connectivity index (χ2v) is 2.92. The van der Waals surface area contributed by atoms with Crippen molar-refractivity contribution in [2.24, 2.45) is 0 Å². The fourth-order valence-electron chi connectivity index (χ4n) is 0.681. The molecule has 13 heavy (non-hydrogen) atoms. The summed E-state index contributed by atoms with van der Waals surface area (Å²) in [5.41, 5.74) is 0. The minimum atomic E-state index is -0.546. The molecule has 1 unspecified atom stereocenters. The highest BCUT2D eigenvalue weighted by molar-refractivity contribution is 6.22. The van der Waals surface area contributed by atoms with Gasteiger partial charge in [-0.1, -0.05) is 20.3 Å². The van der Waals surface area contributed by atoms with E-state index in [-0.39, 0.29) is 5.97 Å². The monoisotopic (exact) mass is 184 g/mol. The van der Waals surface area contributed by atoms with Gasteiger partial charge in [-0.15, -0.1) is 0 Å². The highest BCUT2D eigenvalue weighted by Gasteiger charge is 2.06. The highest BCUT2D eigenvalue weighted by atomic mass is 16.6. The Bertz CT molecular complexity index is 137. The molecule has 0 saturated carbocycles. The van der Waals surface area contributed by atoms with Crippen LogP contribution >= 0.6 is 0 Å². The van der Waals surface area contributed by atoms with Crippen LogP contribution in [0.15, 0.2) is 0 Å². The molecule has 0 aliphatic heterocycles. The summed E-state index contributed by atoms with van der Waals surface area (Å²) in [5.74, 6) is -0.922. The van der Waals surface area contributed by atoms with Crippen molar-refractivity contribution in [2.75, 3.05) is 19.8 Å². The largest absolute Gasteiger partial charge is 0.464 e. The summed E-state index contributed by atoms with van der Waals surface area (Å²) in [5, 5.41) is 0. The van der Waals surface area contributed by atoms with Crippen molar-refractivity contribution in [3.05, 3.63) is 0 Å². The number of carbonyl (C=O) groups is 1. The van der Waals surface area contributed by atoms with Crippen LogP contribution in [0.4, 0.5) is 0 Å². The molecule has 4 heteroatoms. The third kappa shape index (κ3) is 7.84. The van der Waals surface area contributed by atoms with Crippen molar-refractivity contribution in [3.8, 4) is 0 Å². The highest BCUT2D eigenvalue weighted by Crippen LogP contribution is 1.98. The Kier molecular flexibility index (Phi) is 7.79. The third-order valence-electron chi connectivity index (χ3n) is 1.49. The Morgan fingerprint density at radius 3 is 2.62 bits per heavy atom. The quantitative estimate of drug-likeness (QED) is 0.340. The molecule has 0 bridgehead atoms. The third-order valence-corrected chi connectivity index (χ3v) is 1.49. The molecule has 3 nitrogen and oxygen atoms in total. The topological polar surface area (TPSA) is 35.5 Å². The van der Waals surface area contributed by atoms with Gasteiger partial charge in [0, 0.05) is 12.4 Å². The van der Waals surface area contributed by atoms with Gasteiger partial charge in [-0.25, -0.2) is 0 Å². The molecular formula is C9H17BO3. The van der Waals surface area contributed by atoms with Gasteiger partial charge in [-0.2, -0.15) is 0 Å². The molecule has 0 aromatic carbocycles. The maximum Gasteiger partial charge on any atom is 0.299 e. The Balaban J connectivity index is 3.12. The fourth-order valence-corrected chi connectivity index (χ4v) is 0.681. The predicted molar refractivity (Wildman–Crippen MR) is 51.9 cm³/mol. The fraction of sp³-hybridized carbons (Fsp3) is 0.889. The zero-order chi connectivity index (χ0) is 10.1. The van der Waals surface area contributed by atoms with Crippen LogP contribution < -0.4 is 0 Å². The van der Waals surface area contributed by atoms with E-state index in [1.807, 2.05) is 0 Å². The standard InChI is InChI=1S/C9H17BO3/c1-3-4-5-12-6-7-13-9(11)8(2)10/h8H,3-7H2,1-2H3. The van der Waals surface area contributed by atoms with Crippen LogP contribution in [0.25, 0.3) is 0 Å². The van der Waals surface area contributed by atoms with Crippen molar-refractivity contribution in [2.45, 2.75) is 32.5 Å². The molecular weight excluding hydrogens is 167 g/mol. The Morgan fingerprint density at radius 2 is 2.08 bits per heavy atom. The summed E-state index contributed by atoms with van der Waals surface area (Å²) in [4.78, 5) is 10.8. The second-order valence-electron chi connectivity index (χ2n) is 2.92. The van der Waals surface area contributed by atoms with Gasteiger partial charge in [0.1, 0.15) is 6.61 Å². The summed E-state index contributed by atoms with van der Waals surface area (Å²) >= 11 is 0. The van der Waals surface area contributed by atoms with Gasteiger partial charge in [0.2, 0.25) is 0 Å². The summed E-state index contributed by atoms with van der Waals surface area (Å²) in [6, 6.07) is 0. The molecule has 0 aliphatic rings. The summed E-state index contributed by atoms with van der Waals surface area (Å²) in [7, 11) is 5.28.